The quantitative estimate of drug-likeness (QED) is 0.700. The summed E-state index contributed by atoms with van der Waals surface area (Å²) in [6.45, 7) is -0.331. The van der Waals surface area contributed by atoms with Crippen molar-refractivity contribution in [1.29, 1.82) is 0 Å². The number of alkyl halides is 3. The summed E-state index contributed by atoms with van der Waals surface area (Å²) >= 11 is 0. The van der Waals surface area contributed by atoms with Crippen LogP contribution in [0.1, 0.15) is 12.8 Å². The smallest absolute Gasteiger partial charge is 0.368 e. The SMILES string of the molecule is NCC(N1CCCC1C(N)=O)C(F)(F)F. The van der Waals surface area contributed by atoms with E-state index in [0.717, 1.165) is 4.90 Å². The summed E-state index contributed by atoms with van der Waals surface area (Å²) in [5.41, 5.74) is 10.1. The first-order valence-corrected chi connectivity index (χ1v) is 4.69. The Hall–Kier alpha value is -0.820. The standard InChI is InChI=1S/C8H14F3N3O/c9-8(10,11)6(4-12)14-3-1-2-5(14)7(13)15/h5-6H,1-4,12H2,(H2,13,15). The molecule has 7 heteroatoms. The molecule has 4 nitrogen and oxygen atoms in total. The molecule has 1 aliphatic heterocycles. The van der Waals surface area contributed by atoms with Crippen molar-refractivity contribution in [3.8, 4) is 0 Å². The molecule has 0 aliphatic carbocycles. The highest BCUT2D eigenvalue weighted by molar-refractivity contribution is 5.80. The molecule has 0 aromatic rings. The number of carbonyl (C=O) groups is 1. The van der Waals surface area contributed by atoms with Gasteiger partial charge in [-0.2, -0.15) is 13.2 Å². The molecule has 2 atom stereocenters. The Balaban J connectivity index is 2.80. The van der Waals surface area contributed by atoms with Crippen LogP contribution in [0.2, 0.25) is 0 Å². The summed E-state index contributed by atoms with van der Waals surface area (Å²) in [5.74, 6) is -0.713. The fourth-order valence-electron chi connectivity index (χ4n) is 1.92. The molecule has 88 valence electrons. The molecular formula is C8H14F3N3O. The third-order valence-corrected chi connectivity index (χ3v) is 2.62. The summed E-state index contributed by atoms with van der Waals surface area (Å²) < 4.78 is 37.6. The largest absolute Gasteiger partial charge is 0.405 e. The average Bonchev–Trinajstić information content (AvgIpc) is 2.51. The normalized spacial score (nSPS) is 25.5. The Bertz CT molecular complexity index is 244. The highest BCUT2D eigenvalue weighted by Crippen LogP contribution is 2.29. The molecular weight excluding hydrogens is 211 g/mol. The van der Waals surface area contributed by atoms with Gasteiger partial charge in [-0.3, -0.25) is 9.69 Å². The van der Waals surface area contributed by atoms with Crippen molar-refractivity contribution in [3.05, 3.63) is 0 Å². The first-order chi connectivity index (χ1) is 6.88. The van der Waals surface area contributed by atoms with E-state index in [1.165, 1.54) is 0 Å². The highest BCUT2D eigenvalue weighted by atomic mass is 19.4. The molecule has 0 aromatic heterocycles. The van der Waals surface area contributed by atoms with Crippen LogP contribution in [0.5, 0.6) is 0 Å². The van der Waals surface area contributed by atoms with E-state index >= 15 is 0 Å². The van der Waals surface area contributed by atoms with Gasteiger partial charge in [0.25, 0.3) is 0 Å². The van der Waals surface area contributed by atoms with Crippen LogP contribution in [-0.4, -0.2) is 42.2 Å². The van der Waals surface area contributed by atoms with Crippen LogP contribution in [-0.2, 0) is 4.79 Å². The summed E-state index contributed by atoms with van der Waals surface area (Å²) in [5, 5.41) is 0. The summed E-state index contributed by atoms with van der Waals surface area (Å²) in [7, 11) is 0. The first kappa shape index (κ1) is 12.3. The van der Waals surface area contributed by atoms with E-state index in [1.807, 2.05) is 0 Å². The van der Waals surface area contributed by atoms with Gasteiger partial charge in [-0.05, 0) is 19.4 Å². The number of likely N-dealkylation sites (tertiary alicyclic amines) is 1. The molecule has 15 heavy (non-hydrogen) atoms. The van der Waals surface area contributed by atoms with E-state index in [0.29, 0.717) is 12.8 Å². The van der Waals surface area contributed by atoms with Gasteiger partial charge in [-0.15, -0.1) is 0 Å². The molecule has 1 rings (SSSR count). The van der Waals surface area contributed by atoms with Crippen LogP contribution in [0.3, 0.4) is 0 Å². The molecule has 1 amide bonds. The van der Waals surface area contributed by atoms with Gasteiger partial charge in [0.05, 0.1) is 6.04 Å². The zero-order valence-electron chi connectivity index (χ0n) is 8.13. The van der Waals surface area contributed by atoms with Gasteiger partial charge in [0.15, 0.2) is 0 Å². The monoisotopic (exact) mass is 225 g/mol. The lowest BCUT2D eigenvalue weighted by Gasteiger charge is -2.31. The molecule has 0 radical (unpaired) electrons. The lowest BCUT2D eigenvalue weighted by molar-refractivity contribution is -0.183. The Morgan fingerprint density at radius 3 is 2.53 bits per heavy atom. The Labute approximate surface area is 85.4 Å². The van der Waals surface area contributed by atoms with Crippen molar-refractivity contribution in [2.45, 2.75) is 31.1 Å². The maximum absolute atomic E-state index is 12.5. The maximum Gasteiger partial charge on any atom is 0.405 e. The number of hydrogen-bond acceptors (Lipinski definition) is 3. The van der Waals surface area contributed by atoms with Crippen LogP contribution in [0.25, 0.3) is 0 Å². The molecule has 2 unspecified atom stereocenters. The number of carbonyl (C=O) groups excluding carboxylic acids is 1. The average molecular weight is 225 g/mol. The first-order valence-electron chi connectivity index (χ1n) is 4.69. The second kappa shape index (κ2) is 4.36. The van der Waals surface area contributed by atoms with Crippen molar-refractivity contribution in [3.63, 3.8) is 0 Å². The molecule has 1 saturated heterocycles. The minimum absolute atomic E-state index is 0.217. The van der Waals surface area contributed by atoms with Crippen LogP contribution < -0.4 is 11.5 Å². The number of nitrogens with two attached hydrogens (primary N) is 2. The molecule has 4 N–H and O–H groups in total. The lowest BCUT2D eigenvalue weighted by Crippen LogP contribution is -2.55. The molecule has 1 heterocycles. The molecule has 1 aliphatic rings. The minimum Gasteiger partial charge on any atom is -0.368 e. The number of nitrogens with zero attached hydrogens (tertiary/aromatic N) is 1. The second-order valence-corrected chi connectivity index (χ2v) is 3.59. The van der Waals surface area contributed by atoms with E-state index in [2.05, 4.69) is 0 Å². The van der Waals surface area contributed by atoms with Crippen LogP contribution in [0.4, 0.5) is 13.2 Å². The zero-order chi connectivity index (χ0) is 11.6. The number of primary amides is 1. The van der Waals surface area contributed by atoms with E-state index in [-0.39, 0.29) is 6.54 Å². The molecule has 0 spiro atoms. The van der Waals surface area contributed by atoms with Gasteiger partial charge in [-0.1, -0.05) is 0 Å². The van der Waals surface area contributed by atoms with E-state index in [1.54, 1.807) is 0 Å². The molecule has 0 aromatic carbocycles. The fraction of sp³-hybridized carbons (Fsp3) is 0.875. The van der Waals surface area contributed by atoms with E-state index in [4.69, 9.17) is 11.5 Å². The minimum atomic E-state index is -4.41. The van der Waals surface area contributed by atoms with E-state index < -0.39 is 30.7 Å². The fourth-order valence-corrected chi connectivity index (χ4v) is 1.92. The third kappa shape index (κ3) is 2.60. The van der Waals surface area contributed by atoms with Gasteiger partial charge in [-0.25, -0.2) is 0 Å². The molecule has 0 saturated carbocycles. The molecule has 1 fully saturated rings. The van der Waals surface area contributed by atoms with Gasteiger partial charge in [0.1, 0.15) is 6.04 Å². The third-order valence-electron chi connectivity index (χ3n) is 2.62. The van der Waals surface area contributed by atoms with Gasteiger partial charge < -0.3 is 11.5 Å². The summed E-state index contributed by atoms with van der Waals surface area (Å²) in [6, 6.07) is -2.60. The van der Waals surface area contributed by atoms with Crippen molar-refractivity contribution < 1.29 is 18.0 Å². The Kier molecular flexibility index (Phi) is 3.56. The summed E-state index contributed by atoms with van der Waals surface area (Å²) in [4.78, 5) is 12.0. The second-order valence-electron chi connectivity index (χ2n) is 3.59. The van der Waals surface area contributed by atoms with Crippen LogP contribution in [0.15, 0.2) is 0 Å². The zero-order valence-corrected chi connectivity index (χ0v) is 8.13. The number of amides is 1. The molecule has 0 bridgehead atoms. The number of hydrogen-bond donors (Lipinski definition) is 2. The van der Waals surface area contributed by atoms with Gasteiger partial charge in [0, 0.05) is 6.54 Å². The topological polar surface area (TPSA) is 72.3 Å². The van der Waals surface area contributed by atoms with Gasteiger partial charge >= 0.3 is 6.18 Å². The van der Waals surface area contributed by atoms with Crippen molar-refractivity contribution in [2.75, 3.05) is 13.1 Å². The predicted molar refractivity (Wildman–Crippen MR) is 47.8 cm³/mol. The van der Waals surface area contributed by atoms with Gasteiger partial charge in [0.2, 0.25) is 5.91 Å². The number of halogens is 3. The van der Waals surface area contributed by atoms with Crippen LogP contribution in [0, 0.1) is 0 Å². The summed E-state index contributed by atoms with van der Waals surface area (Å²) in [6.07, 6.45) is -3.49. The van der Waals surface area contributed by atoms with Crippen molar-refractivity contribution >= 4 is 5.91 Å². The Morgan fingerprint density at radius 2 is 2.13 bits per heavy atom. The Morgan fingerprint density at radius 1 is 1.53 bits per heavy atom. The predicted octanol–water partition coefficient (Wildman–Crippen LogP) is -0.174. The number of rotatable bonds is 3. The van der Waals surface area contributed by atoms with Crippen molar-refractivity contribution in [2.24, 2.45) is 11.5 Å². The van der Waals surface area contributed by atoms with Crippen LogP contribution >= 0.6 is 0 Å². The highest BCUT2D eigenvalue weighted by Gasteiger charge is 2.47. The van der Waals surface area contributed by atoms with E-state index in [9.17, 15) is 18.0 Å². The van der Waals surface area contributed by atoms with Crippen molar-refractivity contribution in [1.82, 2.24) is 4.90 Å². The maximum atomic E-state index is 12.5. The lowest BCUT2D eigenvalue weighted by atomic mass is 10.1.